The summed E-state index contributed by atoms with van der Waals surface area (Å²) in [6, 6.07) is 18.9. The Morgan fingerprint density at radius 2 is 1.89 bits per heavy atom. The largest absolute Gasteiger partial charge is 0.303 e. The fourth-order valence-electron chi connectivity index (χ4n) is 3.90. The van der Waals surface area contributed by atoms with Crippen molar-refractivity contribution in [3.63, 3.8) is 0 Å². The van der Waals surface area contributed by atoms with Crippen LogP contribution in [-0.4, -0.2) is 30.8 Å². The molecule has 0 unspecified atom stereocenters. The first-order valence-corrected chi connectivity index (χ1v) is 10.7. The predicted octanol–water partition coefficient (Wildman–Crippen LogP) is 5.02. The summed E-state index contributed by atoms with van der Waals surface area (Å²) in [5, 5.41) is 6.03. The van der Waals surface area contributed by atoms with E-state index in [-0.39, 0.29) is 0 Å². The van der Waals surface area contributed by atoms with Crippen LogP contribution in [-0.2, 0) is 13.7 Å². The van der Waals surface area contributed by atoms with Gasteiger partial charge in [0.2, 0.25) is 0 Å². The van der Waals surface area contributed by atoms with E-state index in [4.69, 9.17) is 22.3 Å². The highest BCUT2D eigenvalue weighted by Crippen LogP contribution is 2.36. The lowest BCUT2D eigenvalue weighted by molar-refractivity contribution is 0.190. The van der Waals surface area contributed by atoms with Crippen molar-refractivity contribution >= 4 is 33.8 Å². The van der Waals surface area contributed by atoms with Gasteiger partial charge in [0.05, 0.1) is 22.9 Å². The molecule has 5 nitrogen and oxygen atoms in total. The van der Waals surface area contributed by atoms with Crippen molar-refractivity contribution in [1.29, 1.82) is 0 Å². The fourth-order valence-corrected chi connectivity index (χ4v) is 5.22. The summed E-state index contributed by atoms with van der Waals surface area (Å²) < 4.78 is 5.94. The summed E-state index contributed by atoms with van der Waals surface area (Å²) in [7, 11) is 1.99. The van der Waals surface area contributed by atoms with Crippen molar-refractivity contribution in [2.24, 2.45) is 7.05 Å². The van der Waals surface area contributed by atoms with Gasteiger partial charge >= 0.3 is 0 Å². The lowest BCUT2D eigenvalue weighted by Gasteiger charge is -2.22. The van der Waals surface area contributed by atoms with Crippen LogP contribution in [0.5, 0.6) is 0 Å². The average Bonchev–Trinajstić information content (AvgIpc) is 3.42. The third-order valence-electron chi connectivity index (χ3n) is 5.35. The molecule has 1 aliphatic heterocycles. The second-order valence-corrected chi connectivity index (χ2v) is 8.59. The van der Waals surface area contributed by atoms with Gasteiger partial charge in [-0.2, -0.15) is 5.10 Å². The molecule has 2 aromatic carbocycles. The Kier molecular flexibility index (Phi) is 4.58. The number of likely N-dealkylation sites (tertiary alicyclic amines) is 1. The summed E-state index contributed by atoms with van der Waals surface area (Å²) in [6.45, 7) is 1.74. The van der Waals surface area contributed by atoms with Crippen LogP contribution in [0.15, 0.2) is 54.6 Å². The van der Waals surface area contributed by atoms with Crippen LogP contribution in [0.4, 0.5) is 0 Å². The van der Waals surface area contributed by atoms with E-state index in [0.717, 1.165) is 34.6 Å². The van der Waals surface area contributed by atoms with Crippen LogP contribution in [0.1, 0.15) is 23.9 Å². The number of nitrogens with zero attached hydrogens (tertiary/aromatic N) is 5. The topological polar surface area (TPSA) is 38.9 Å². The van der Waals surface area contributed by atoms with Gasteiger partial charge in [0.25, 0.3) is 0 Å². The van der Waals surface area contributed by atoms with Gasteiger partial charge in [-0.15, -0.1) is 11.3 Å². The van der Waals surface area contributed by atoms with Gasteiger partial charge in [-0.3, -0.25) is 4.90 Å². The Bertz CT molecular complexity index is 1140. The zero-order valence-corrected chi connectivity index (χ0v) is 17.3. The van der Waals surface area contributed by atoms with Crippen LogP contribution < -0.4 is 0 Å². The Morgan fingerprint density at radius 3 is 2.71 bits per heavy atom. The maximum Gasteiger partial charge on any atom is 0.199 e. The van der Waals surface area contributed by atoms with Crippen LogP contribution >= 0.6 is 23.6 Å². The lowest BCUT2D eigenvalue weighted by atomic mass is 10.2. The molecule has 0 N–H and O–H groups in total. The average molecular weight is 408 g/mol. The SMILES string of the molecule is Cn1c(-c2ccccc2)nn(CN2CCC[C@@H]2c2nc3ccccc3s2)c1=S. The number of aromatic nitrogens is 4. The first-order chi connectivity index (χ1) is 13.7. The predicted molar refractivity (Wildman–Crippen MR) is 116 cm³/mol. The molecule has 2 aromatic heterocycles. The zero-order chi connectivity index (χ0) is 19.1. The van der Waals surface area contributed by atoms with Gasteiger partial charge in [-0.25, -0.2) is 9.67 Å². The van der Waals surface area contributed by atoms with E-state index in [1.165, 1.54) is 16.1 Å². The van der Waals surface area contributed by atoms with Gasteiger partial charge in [-0.1, -0.05) is 42.5 Å². The van der Waals surface area contributed by atoms with Gasteiger partial charge in [-0.05, 0) is 37.2 Å². The van der Waals surface area contributed by atoms with E-state index >= 15 is 0 Å². The molecule has 7 heteroatoms. The first kappa shape index (κ1) is 17.7. The van der Waals surface area contributed by atoms with Crippen molar-refractivity contribution in [3.05, 3.63) is 64.4 Å². The second kappa shape index (κ2) is 7.24. The van der Waals surface area contributed by atoms with Crippen molar-refractivity contribution in [2.45, 2.75) is 25.6 Å². The van der Waals surface area contributed by atoms with Crippen molar-refractivity contribution in [3.8, 4) is 11.4 Å². The molecule has 1 atom stereocenters. The number of hydrogen-bond acceptors (Lipinski definition) is 5. The van der Waals surface area contributed by atoms with E-state index in [1.807, 2.05) is 34.5 Å². The van der Waals surface area contributed by atoms with Gasteiger partial charge in [0.15, 0.2) is 10.6 Å². The zero-order valence-electron chi connectivity index (χ0n) is 15.7. The van der Waals surface area contributed by atoms with Crippen LogP contribution in [0.3, 0.4) is 0 Å². The van der Waals surface area contributed by atoms with Crippen molar-refractivity contribution in [1.82, 2.24) is 24.2 Å². The van der Waals surface area contributed by atoms with Gasteiger partial charge in [0, 0.05) is 19.2 Å². The molecular weight excluding hydrogens is 386 g/mol. The summed E-state index contributed by atoms with van der Waals surface area (Å²) in [5.41, 5.74) is 2.18. The number of para-hydroxylation sites is 1. The highest BCUT2D eigenvalue weighted by molar-refractivity contribution is 7.71. The van der Waals surface area contributed by atoms with E-state index in [1.54, 1.807) is 11.3 Å². The van der Waals surface area contributed by atoms with Crippen LogP contribution in [0, 0.1) is 4.77 Å². The lowest BCUT2D eigenvalue weighted by Crippen LogP contribution is -2.27. The quantitative estimate of drug-likeness (QED) is 0.445. The van der Waals surface area contributed by atoms with Crippen molar-refractivity contribution in [2.75, 3.05) is 6.54 Å². The molecule has 0 bridgehead atoms. The number of fused-ring (bicyclic) bond motifs is 1. The third kappa shape index (κ3) is 3.09. The molecule has 0 spiro atoms. The Hall–Kier alpha value is -2.35. The summed E-state index contributed by atoms with van der Waals surface area (Å²) in [5.74, 6) is 0.904. The minimum atomic E-state index is 0.335. The number of benzene rings is 2. The highest BCUT2D eigenvalue weighted by atomic mass is 32.1. The molecule has 1 saturated heterocycles. The van der Waals surface area contributed by atoms with E-state index < -0.39 is 0 Å². The van der Waals surface area contributed by atoms with Crippen LogP contribution in [0.2, 0.25) is 0 Å². The van der Waals surface area contributed by atoms with E-state index in [0.29, 0.717) is 12.7 Å². The first-order valence-electron chi connectivity index (χ1n) is 9.49. The van der Waals surface area contributed by atoms with Crippen molar-refractivity contribution < 1.29 is 0 Å². The molecular formula is C21H21N5S2. The summed E-state index contributed by atoms with van der Waals surface area (Å²) in [4.78, 5) is 7.35. The molecule has 3 heterocycles. The number of thiazole rings is 1. The highest BCUT2D eigenvalue weighted by Gasteiger charge is 2.29. The van der Waals surface area contributed by atoms with E-state index in [2.05, 4.69) is 41.3 Å². The molecule has 142 valence electrons. The van der Waals surface area contributed by atoms with E-state index in [9.17, 15) is 0 Å². The summed E-state index contributed by atoms with van der Waals surface area (Å²) in [6.07, 6.45) is 2.30. The molecule has 0 radical (unpaired) electrons. The third-order valence-corrected chi connectivity index (χ3v) is 6.97. The summed E-state index contributed by atoms with van der Waals surface area (Å²) >= 11 is 7.48. The normalized spacial score (nSPS) is 17.5. The fraction of sp³-hybridized carbons (Fsp3) is 0.286. The maximum absolute atomic E-state index is 5.68. The minimum absolute atomic E-state index is 0.335. The molecule has 28 heavy (non-hydrogen) atoms. The smallest absolute Gasteiger partial charge is 0.199 e. The molecule has 5 rings (SSSR count). The second-order valence-electron chi connectivity index (χ2n) is 7.16. The monoisotopic (exact) mass is 407 g/mol. The van der Waals surface area contributed by atoms with Gasteiger partial charge < -0.3 is 4.57 Å². The number of rotatable bonds is 4. The van der Waals surface area contributed by atoms with Gasteiger partial charge in [0.1, 0.15) is 5.01 Å². The molecule has 0 amide bonds. The van der Waals surface area contributed by atoms with Crippen LogP contribution in [0.25, 0.3) is 21.6 Å². The Morgan fingerprint density at radius 1 is 1.11 bits per heavy atom. The molecule has 1 aliphatic rings. The molecule has 4 aromatic rings. The maximum atomic E-state index is 5.68. The Labute approximate surface area is 172 Å². The standard InChI is InChI=1S/C21H21N5S2/c1-24-19(15-8-3-2-4-9-15)23-26(21(24)27)14-25-13-7-11-17(25)20-22-16-10-5-6-12-18(16)28-20/h2-6,8-10,12,17H,7,11,13-14H2,1H3/t17-/m1/s1. The Balaban J connectivity index is 1.45. The molecule has 1 fully saturated rings. The molecule has 0 saturated carbocycles. The molecule has 0 aliphatic carbocycles. The minimum Gasteiger partial charge on any atom is -0.303 e. The number of hydrogen-bond donors (Lipinski definition) is 0.